The lowest BCUT2D eigenvalue weighted by atomic mass is 10.1. The van der Waals surface area contributed by atoms with Crippen LogP contribution in [0.5, 0.6) is 0 Å². The maximum Gasteiger partial charge on any atom is 0.270 e. The number of aromatic nitrogens is 2. The van der Waals surface area contributed by atoms with Crippen molar-refractivity contribution < 1.29 is 8.42 Å². The average Bonchev–Trinajstić information content (AvgIpc) is 3.35. The summed E-state index contributed by atoms with van der Waals surface area (Å²) < 4.78 is 31.8. The monoisotopic (exact) mass is 392 g/mol. The van der Waals surface area contributed by atoms with Gasteiger partial charge < -0.3 is 4.40 Å². The molecule has 0 fully saturated rings. The smallest absolute Gasteiger partial charge is 0.270 e. The Kier molecular flexibility index (Phi) is 2.10. The molecule has 0 aliphatic carbocycles. The first-order valence-electron chi connectivity index (χ1n) is 9.56. The Morgan fingerprint density at radius 3 is 1.90 bits per heavy atom. The first-order chi connectivity index (χ1) is 14.2. The topological polar surface area (TPSA) is 43.5 Å². The zero-order valence-electron chi connectivity index (χ0n) is 15.0. The summed E-state index contributed by atoms with van der Waals surface area (Å²) in [4.78, 5) is 0.365. The van der Waals surface area contributed by atoms with Gasteiger partial charge in [-0.25, -0.2) is 12.4 Å². The first kappa shape index (κ1) is 14.4. The van der Waals surface area contributed by atoms with Crippen LogP contribution in [-0.4, -0.2) is 16.8 Å². The van der Waals surface area contributed by atoms with Gasteiger partial charge in [0.05, 0.1) is 27.6 Å². The average molecular weight is 392 g/mol. The summed E-state index contributed by atoms with van der Waals surface area (Å²) in [6, 6.07) is 23.9. The van der Waals surface area contributed by atoms with Crippen molar-refractivity contribution >= 4 is 69.9 Å². The van der Waals surface area contributed by atoms with Crippen LogP contribution in [-0.2, 0) is 10.0 Å². The van der Waals surface area contributed by atoms with Crippen molar-refractivity contribution in [1.29, 1.82) is 0 Å². The Hall–Kier alpha value is -3.57. The van der Waals surface area contributed by atoms with Crippen LogP contribution in [0, 0.1) is 0 Å². The fourth-order valence-electron chi connectivity index (χ4n) is 5.53. The zero-order chi connectivity index (χ0) is 19.1. The van der Waals surface area contributed by atoms with E-state index in [0.717, 1.165) is 59.9 Å². The van der Waals surface area contributed by atoms with Gasteiger partial charge in [0.1, 0.15) is 4.90 Å². The summed E-state index contributed by atoms with van der Waals surface area (Å²) in [6.07, 6.45) is 0. The lowest BCUT2D eigenvalue weighted by Gasteiger charge is -2.08. The number of benzene rings is 4. The molecule has 0 saturated heterocycles. The van der Waals surface area contributed by atoms with E-state index < -0.39 is 10.0 Å². The molecular weight excluding hydrogens is 380 g/mol. The van der Waals surface area contributed by atoms with E-state index in [0.29, 0.717) is 4.90 Å². The van der Waals surface area contributed by atoms with Gasteiger partial charge in [-0.1, -0.05) is 60.7 Å². The number of para-hydroxylation sites is 3. The van der Waals surface area contributed by atoms with Crippen LogP contribution >= 0.6 is 0 Å². The van der Waals surface area contributed by atoms with Crippen molar-refractivity contribution in [3.8, 4) is 0 Å². The molecule has 0 unspecified atom stereocenters. The molecule has 136 valence electrons. The summed E-state index contributed by atoms with van der Waals surface area (Å²) >= 11 is 0. The summed E-state index contributed by atoms with van der Waals surface area (Å²) in [5.74, 6) is 0. The highest BCUT2D eigenvalue weighted by atomic mass is 32.2. The van der Waals surface area contributed by atoms with Gasteiger partial charge in [0.15, 0.2) is 0 Å². The first-order valence-corrected chi connectivity index (χ1v) is 11.0. The van der Waals surface area contributed by atoms with Crippen LogP contribution < -0.4 is 0 Å². The highest BCUT2D eigenvalue weighted by Crippen LogP contribution is 2.47. The Labute approximate surface area is 164 Å². The molecule has 7 aromatic rings. The zero-order valence-corrected chi connectivity index (χ0v) is 15.9. The number of rotatable bonds is 0. The third kappa shape index (κ3) is 1.32. The molecule has 3 aromatic heterocycles. The molecule has 0 radical (unpaired) electrons. The third-order valence-electron chi connectivity index (χ3n) is 6.57. The number of hydrogen-bond acceptors (Lipinski definition) is 2. The lowest BCUT2D eigenvalue weighted by molar-refractivity contribution is 0.591. The van der Waals surface area contributed by atoms with Crippen molar-refractivity contribution in [2.45, 2.75) is 4.90 Å². The van der Waals surface area contributed by atoms with E-state index in [1.807, 2.05) is 36.4 Å². The summed E-state index contributed by atoms with van der Waals surface area (Å²) in [7, 11) is -3.76. The van der Waals surface area contributed by atoms with Gasteiger partial charge >= 0.3 is 0 Å². The van der Waals surface area contributed by atoms with Crippen molar-refractivity contribution in [3.63, 3.8) is 0 Å². The SMILES string of the molecule is O=S1(=O)c2cccc3c4cccc5c6ccc7c8ccccc8n1c7c6n(c23)c45. The minimum atomic E-state index is -3.76. The Morgan fingerprint density at radius 2 is 1.10 bits per heavy atom. The molecule has 0 spiro atoms. The molecule has 4 nitrogen and oxygen atoms in total. The molecule has 0 N–H and O–H groups in total. The van der Waals surface area contributed by atoms with Gasteiger partial charge in [-0.3, -0.25) is 0 Å². The predicted molar refractivity (Wildman–Crippen MR) is 117 cm³/mol. The lowest BCUT2D eigenvalue weighted by Crippen LogP contribution is -2.12. The van der Waals surface area contributed by atoms with E-state index in [-0.39, 0.29) is 0 Å². The third-order valence-corrected chi connectivity index (χ3v) is 8.32. The van der Waals surface area contributed by atoms with Crippen molar-refractivity contribution in [2.24, 2.45) is 0 Å². The quantitative estimate of drug-likeness (QED) is 0.342. The van der Waals surface area contributed by atoms with Crippen LogP contribution in [0.4, 0.5) is 0 Å². The van der Waals surface area contributed by atoms with E-state index in [9.17, 15) is 8.42 Å². The second-order valence-electron chi connectivity index (χ2n) is 7.83. The number of fused-ring (bicyclic) bond motifs is 5. The van der Waals surface area contributed by atoms with E-state index in [1.54, 1.807) is 10.0 Å². The van der Waals surface area contributed by atoms with Crippen molar-refractivity contribution in [1.82, 2.24) is 8.37 Å². The molecule has 0 bridgehead atoms. The molecule has 0 saturated carbocycles. The molecule has 0 atom stereocenters. The fourth-order valence-corrected chi connectivity index (χ4v) is 7.26. The standard InChI is InChI=1S/C24H12N2O2S/c27-29(28)20-10-4-8-16-14-6-3-7-15-18-12-11-17-13-5-1-2-9-19(13)26(29)24(17)23(18)25(21(14)15)22(16)20/h1-12H. The van der Waals surface area contributed by atoms with Crippen molar-refractivity contribution in [3.05, 3.63) is 72.8 Å². The van der Waals surface area contributed by atoms with E-state index in [4.69, 9.17) is 0 Å². The molecule has 4 aromatic carbocycles. The van der Waals surface area contributed by atoms with Crippen LogP contribution in [0.25, 0.3) is 59.9 Å². The van der Waals surface area contributed by atoms with Gasteiger partial charge in [0.25, 0.3) is 10.0 Å². The van der Waals surface area contributed by atoms with E-state index in [2.05, 4.69) is 34.7 Å². The Balaban J connectivity index is 1.94. The normalized spacial score (nSPS) is 15.4. The van der Waals surface area contributed by atoms with Gasteiger partial charge in [0, 0.05) is 32.3 Å². The predicted octanol–water partition coefficient (Wildman–Crippen LogP) is 5.50. The maximum absolute atomic E-state index is 14.0. The summed E-state index contributed by atoms with van der Waals surface area (Å²) in [5, 5.41) is 6.28. The largest absolute Gasteiger partial charge is 0.304 e. The van der Waals surface area contributed by atoms with Crippen LogP contribution in [0.3, 0.4) is 0 Å². The van der Waals surface area contributed by atoms with Crippen LogP contribution in [0.2, 0.25) is 0 Å². The molecular formula is C24H12N2O2S. The molecule has 1 aliphatic rings. The molecule has 1 aliphatic heterocycles. The minimum Gasteiger partial charge on any atom is -0.304 e. The number of nitrogens with zero attached hydrogens (tertiary/aromatic N) is 2. The van der Waals surface area contributed by atoms with Crippen LogP contribution in [0.15, 0.2) is 77.7 Å². The molecule has 5 heteroatoms. The number of hydrogen-bond donors (Lipinski definition) is 0. The van der Waals surface area contributed by atoms with Gasteiger partial charge in [-0.15, -0.1) is 0 Å². The maximum atomic E-state index is 14.0. The molecule has 29 heavy (non-hydrogen) atoms. The molecule has 8 rings (SSSR count). The second-order valence-corrected chi connectivity index (χ2v) is 9.59. The van der Waals surface area contributed by atoms with Gasteiger partial charge in [-0.05, 0) is 12.1 Å². The highest BCUT2D eigenvalue weighted by Gasteiger charge is 2.33. The highest BCUT2D eigenvalue weighted by molar-refractivity contribution is 7.90. The van der Waals surface area contributed by atoms with E-state index >= 15 is 0 Å². The minimum absolute atomic E-state index is 0.365. The Morgan fingerprint density at radius 1 is 0.517 bits per heavy atom. The summed E-state index contributed by atoms with van der Waals surface area (Å²) in [6.45, 7) is 0. The molecule has 4 heterocycles. The Bertz CT molecular complexity index is 1970. The van der Waals surface area contributed by atoms with E-state index in [1.165, 1.54) is 0 Å². The molecule has 0 amide bonds. The van der Waals surface area contributed by atoms with Gasteiger partial charge in [0.2, 0.25) is 0 Å². The van der Waals surface area contributed by atoms with Crippen molar-refractivity contribution in [2.75, 3.05) is 0 Å². The van der Waals surface area contributed by atoms with Gasteiger partial charge in [-0.2, -0.15) is 0 Å². The van der Waals surface area contributed by atoms with Crippen LogP contribution in [0.1, 0.15) is 0 Å². The fraction of sp³-hybridized carbons (Fsp3) is 0. The summed E-state index contributed by atoms with van der Waals surface area (Å²) in [5.41, 5.74) is 4.37. The second kappa shape index (κ2) is 4.21.